The van der Waals surface area contributed by atoms with Gasteiger partial charge in [-0.3, -0.25) is 9.69 Å². The Morgan fingerprint density at radius 2 is 1.88 bits per heavy atom. The first-order chi connectivity index (χ1) is 15.4. The largest absolute Gasteiger partial charge is 0.506 e. The number of carbonyl (C=O) groups excluding carboxylic acids is 1. The van der Waals surface area contributed by atoms with Crippen molar-refractivity contribution in [3.05, 3.63) is 65.2 Å². The Labute approximate surface area is 190 Å². The van der Waals surface area contributed by atoms with Gasteiger partial charge in [-0.25, -0.2) is 0 Å². The van der Waals surface area contributed by atoms with Gasteiger partial charge in [0, 0.05) is 6.54 Å². The number of phenols is 1. The fraction of sp³-hybridized carbons (Fsp3) is 0.370. The zero-order valence-electron chi connectivity index (χ0n) is 18.8. The summed E-state index contributed by atoms with van der Waals surface area (Å²) >= 11 is 0. The Hall–Kier alpha value is -3.05. The lowest BCUT2D eigenvalue weighted by Crippen LogP contribution is -2.33. The van der Waals surface area contributed by atoms with Gasteiger partial charge in [-0.15, -0.1) is 0 Å². The molecule has 4 rings (SSSR count). The molecule has 1 fully saturated rings. The van der Waals surface area contributed by atoms with Crippen LogP contribution in [0.1, 0.15) is 54.6 Å². The zero-order valence-corrected chi connectivity index (χ0v) is 18.8. The summed E-state index contributed by atoms with van der Waals surface area (Å²) in [6.07, 6.45) is 10.8. The Balaban J connectivity index is 1.34. The first kappa shape index (κ1) is 22.2. The molecule has 5 nitrogen and oxygen atoms in total. The van der Waals surface area contributed by atoms with Gasteiger partial charge in [0.05, 0.1) is 11.1 Å². The number of phenolic OH excluding ortho intramolecular Hbond substituents is 1. The predicted octanol–water partition coefficient (Wildman–Crippen LogP) is 5.34. The summed E-state index contributed by atoms with van der Waals surface area (Å²) in [5.41, 5.74) is 1.25. The highest BCUT2D eigenvalue weighted by molar-refractivity contribution is 6.09. The molecule has 1 N–H and O–H groups in total. The SMILES string of the molecule is CC1(C)C=Cc2c(ccc(C(=O)/C=C/c3ccc(OCCN4CCCCC4)cc3)c2O)O1. The van der Waals surface area contributed by atoms with E-state index in [2.05, 4.69) is 4.90 Å². The number of aromatic hydroxyl groups is 1. The number of allylic oxidation sites excluding steroid dienone is 1. The van der Waals surface area contributed by atoms with Crippen LogP contribution in [0.3, 0.4) is 0 Å². The zero-order chi connectivity index (χ0) is 22.6. The maximum absolute atomic E-state index is 12.7. The van der Waals surface area contributed by atoms with Crippen LogP contribution in [0.4, 0.5) is 0 Å². The van der Waals surface area contributed by atoms with E-state index in [-0.39, 0.29) is 17.1 Å². The third-order valence-electron chi connectivity index (χ3n) is 5.90. The maximum atomic E-state index is 12.7. The van der Waals surface area contributed by atoms with Crippen LogP contribution in [0.2, 0.25) is 0 Å². The van der Waals surface area contributed by atoms with Crippen LogP contribution in [0.15, 0.2) is 48.6 Å². The van der Waals surface area contributed by atoms with Crippen molar-refractivity contribution < 1.29 is 19.4 Å². The number of hydrogen-bond donors (Lipinski definition) is 1. The van der Waals surface area contributed by atoms with Crippen LogP contribution >= 0.6 is 0 Å². The van der Waals surface area contributed by atoms with Crippen molar-refractivity contribution in [3.8, 4) is 17.2 Å². The van der Waals surface area contributed by atoms with Gasteiger partial charge in [-0.1, -0.05) is 24.6 Å². The lowest BCUT2D eigenvalue weighted by atomic mass is 9.98. The summed E-state index contributed by atoms with van der Waals surface area (Å²) in [6, 6.07) is 11.0. The topological polar surface area (TPSA) is 59.0 Å². The summed E-state index contributed by atoms with van der Waals surface area (Å²) in [5, 5.41) is 10.6. The van der Waals surface area contributed by atoms with E-state index in [0.717, 1.165) is 17.9 Å². The second-order valence-electron chi connectivity index (χ2n) is 8.93. The Kier molecular flexibility index (Phi) is 6.66. The maximum Gasteiger partial charge on any atom is 0.189 e. The van der Waals surface area contributed by atoms with E-state index in [9.17, 15) is 9.90 Å². The van der Waals surface area contributed by atoms with Crippen LogP contribution < -0.4 is 9.47 Å². The smallest absolute Gasteiger partial charge is 0.189 e. The van der Waals surface area contributed by atoms with Crippen molar-refractivity contribution >= 4 is 17.9 Å². The van der Waals surface area contributed by atoms with Crippen LogP contribution in [-0.4, -0.2) is 47.6 Å². The molecular formula is C27H31NO4. The first-order valence-corrected chi connectivity index (χ1v) is 11.3. The van der Waals surface area contributed by atoms with Crippen molar-refractivity contribution in [1.82, 2.24) is 4.90 Å². The van der Waals surface area contributed by atoms with Gasteiger partial charge in [-0.05, 0) is 87.8 Å². The quantitative estimate of drug-likeness (QED) is 0.472. The number of carbonyl (C=O) groups is 1. The standard InChI is InChI=1S/C27H31NO4/c1-27(2)15-14-23-25(32-27)13-11-22(26(23)30)24(29)12-8-20-6-9-21(10-7-20)31-19-18-28-16-4-3-5-17-28/h6-15,30H,3-5,16-19H2,1-2H3/b12-8+. The molecule has 0 aromatic heterocycles. The molecule has 0 amide bonds. The third kappa shape index (κ3) is 5.40. The lowest BCUT2D eigenvalue weighted by molar-refractivity contribution is 0.104. The molecule has 0 radical (unpaired) electrons. The number of hydrogen-bond acceptors (Lipinski definition) is 5. The third-order valence-corrected chi connectivity index (χ3v) is 5.90. The summed E-state index contributed by atoms with van der Waals surface area (Å²) in [4.78, 5) is 15.1. The van der Waals surface area contributed by atoms with E-state index < -0.39 is 5.60 Å². The first-order valence-electron chi connectivity index (χ1n) is 11.3. The minimum Gasteiger partial charge on any atom is -0.506 e. The second-order valence-corrected chi connectivity index (χ2v) is 8.93. The van der Waals surface area contributed by atoms with Crippen LogP contribution in [0.25, 0.3) is 12.2 Å². The van der Waals surface area contributed by atoms with E-state index in [1.807, 2.05) is 44.2 Å². The highest BCUT2D eigenvalue weighted by atomic mass is 16.5. The fourth-order valence-electron chi connectivity index (χ4n) is 4.05. The molecule has 2 aliphatic heterocycles. The number of nitrogens with zero attached hydrogens (tertiary/aromatic N) is 1. The number of rotatable bonds is 7. The molecule has 0 spiro atoms. The molecule has 2 aliphatic rings. The average Bonchev–Trinajstić information content (AvgIpc) is 2.78. The molecule has 168 valence electrons. The van der Waals surface area contributed by atoms with Gasteiger partial charge in [0.25, 0.3) is 0 Å². The number of ketones is 1. The van der Waals surface area contributed by atoms with Crippen molar-refractivity contribution in [3.63, 3.8) is 0 Å². The molecule has 0 atom stereocenters. The summed E-state index contributed by atoms with van der Waals surface area (Å²) in [6.45, 7) is 7.86. The average molecular weight is 434 g/mol. The van der Waals surface area contributed by atoms with E-state index >= 15 is 0 Å². The van der Waals surface area contributed by atoms with Gasteiger partial charge in [-0.2, -0.15) is 0 Å². The molecule has 32 heavy (non-hydrogen) atoms. The Morgan fingerprint density at radius 3 is 2.62 bits per heavy atom. The minimum absolute atomic E-state index is 0.0543. The van der Waals surface area contributed by atoms with Crippen LogP contribution in [0, 0.1) is 0 Å². The molecule has 0 unspecified atom stereocenters. The summed E-state index contributed by atoms with van der Waals surface area (Å²) in [5.74, 6) is 1.09. The number of ether oxygens (including phenoxy) is 2. The van der Waals surface area contributed by atoms with E-state index in [1.165, 1.54) is 38.4 Å². The molecule has 2 aromatic carbocycles. The van der Waals surface area contributed by atoms with Crippen molar-refractivity contribution in [2.24, 2.45) is 0 Å². The molecule has 0 saturated carbocycles. The highest BCUT2D eigenvalue weighted by Crippen LogP contribution is 2.38. The number of piperidine rings is 1. The molecule has 1 saturated heterocycles. The van der Waals surface area contributed by atoms with Crippen LogP contribution in [-0.2, 0) is 0 Å². The lowest BCUT2D eigenvalue weighted by Gasteiger charge is -2.28. The van der Waals surface area contributed by atoms with Crippen molar-refractivity contribution in [2.45, 2.75) is 38.7 Å². The summed E-state index contributed by atoms with van der Waals surface area (Å²) in [7, 11) is 0. The van der Waals surface area contributed by atoms with Gasteiger partial charge in [0.15, 0.2) is 5.78 Å². The number of fused-ring (bicyclic) bond motifs is 1. The molecule has 0 aliphatic carbocycles. The molecule has 2 heterocycles. The van der Waals surface area contributed by atoms with E-state index in [1.54, 1.807) is 24.3 Å². The predicted molar refractivity (Wildman–Crippen MR) is 127 cm³/mol. The van der Waals surface area contributed by atoms with Crippen molar-refractivity contribution in [1.29, 1.82) is 0 Å². The molecular weight excluding hydrogens is 402 g/mol. The molecule has 5 heteroatoms. The monoisotopic (exact) mass is 433 g/mol. The van der Waals surface area contributed by atoms with Gasteiger partial charge < -0.3 is 14.6 Å². The van der Waals surface area contributed by atoms with Crippen molar-refractivity contribution in [2.75, 3.05) is 26.2 Å². The normalized spacial score (nSPS) is 17.7. The number of benzene rings is 2. The second kappa shape index (κ2) is 9.61. The fourth-order valence-corrected chi connectivity index (χ4v) is 4.05. The van der Waals surface area contributed by atoms with Gasteiger partial charge >= 0.3 is 0 Å². The highest BCUT2D eigenvalue weighted by Gasteiger charge is 2.25. The summed E-state index contributed by atoms with van der Waals surface area (Å²) < 4.78 is 11.7. The molecule has 0 bridgehead atoms. The Morgan fingerprint density at radius 1 is 1.12 bits per heavy atom. The van der Waals surface area contributed by atoms with Gasteiger partial charge in [0.1, 0.15) is 29.5 Å². The van der Waals surface area contributed by atoms with E-state index in [0.29, 0.717) is 17.9 Å². The van der Waals surface area contributed by atoms with E-state index in [4.69, 9.17) is 9.47 Å². The molecule has 2 aromatic rings. The van der Waals surface area contributed by atoms with Crippen LogP contribution in [0.5, 0.6) is 17.2 Å². The Bertz CT molecular complexity index is 1010. The van der Waals surface area contributed by atoms with Gasteiger partial charge in [0.2, 0.25) is 0 Å². The number of likely N-dealkylation sites (tertiary alicyclic amines) is 1. The minimum atomic E-state index is -0.436.